The fourth-order valence-electron chi connectivity index (χ4n) is 1.70. The predicted molar refractivity (Wildman–Crippen MR) is 43.9 cm³/mol. The van der Waals surface area contributed by atoms with Crippen molar-refractivity contribution in [2.24, 2.45) is 5.73 Å². The van der Waals surface area contributed by atoms with Crippen LogP contribution < -0.4 is 11.1 Å². The van der Waals surface area contributed by atoms with Crippen LogP contribution in [0.1, 0.15) is 32.6 Å². The van der Waals surface area contributed by atoms with E-state index >= 15 is 0 Å². The van der Waals surface area contributed by atoms with Crippen molar-refractivity contribution < 1.29 is 0 Å². The fourth-order valence-corrected chi connectivity index (χ4v) is 1.70. The number of rotatable bonds is 2. The van der Waals surface area contributed by atoms with Gasteiger partial charge >= 0.3 is 0 Å². The second-order valence-electron chi connectivity index (χ2n) is 3.18. The number of nitrogens with one attached hydrogen (secondary N) is 1. The van der Waals surface area contributed by atoms with E-state index in [9.17, 15) is 0 Å². The molecule has 1 fully saturated rings. The highest BCUT2D eigenvalue weighted by atomic mass is 14.9. The maximum Gasteiger partial charge on any atom is 0.00816 e. The summed E-state index contributed by atoms with van der Waals surface area (Å²) in [5.41, 5.74) is 5.82. The maximum atomic E-state index is 5.82. The van der Waals surface area contributed by atoms with Gasteiger partial charge in [0.1, 0.15) is 0 Å². The summed E-state index contributed by atoms with van der Waals surface area (Å²) in [5, 5.41) is 3.43. The van der Waals surface area contributed by atoms with E-state index in [1.165, 1.54) is 25.7 Å². The molecule has 0 aromatic rings. The average Bonchev–Trinajstić information content (AvgIpc) is 1.88. The van der Waals surface area contributed by atoms with Gasteiger partial charge < -0.3 is 11.1 Å². The van der Waals surface area contributed by atoms with Crippen LogP contribution in [-0.2, 0) is 0 Å². The van der Waals surface area contributed by atoms with Gasteiger partial charge in [-0.15, -0.1) is 0 Å². The highest BCUT2D eigenvalue weighted by molar-refractivity contribution is 4.78. The molecule has 10 heavy (non-hydrogen) atoms. The van der Waals surface area contributed by atoms with Crippen LogP contribution in [0.4, 0.5) is 0 Å². The smallest absolute Gasteiger partial charge is 0.00816 e. The first-order valence-corrected chi connectivity index (χ1v) is 4.32. The molecular formula is C8H18N2. The molecule has 1 unspecified atom stereocenters. The summed E-state index contributed by atoms with van der Waals surface area (Å²) < 4.78 is 0. The summed E-state index contributed by atoms with van der Waals surface area (Å²) in [6.45, 7) is 3.23. The van der Waals surface area contributed by atoms with Crippen LogP contribution in [0.25, 0.3) is 0 Å². The van der Waals surface area contributed by atoms with Gasteiger partial charge in [-0.25, -0.2) is 0 Å². The molecule has 1 aliphatic carbocycles. The Morgan fingerprint density at radius 3 is 2.90 bits per heavy atom. The van der Waals surface area contributed by atoms with Gasteiger partial charge in [0.05, 0.1) is 0 Å². The second kappa shape index (κ2) is 3.94. The third kappa shape index (κ3) is 2.27. The van der Waals surface area contributed by atoms with Crippen molar-refractivity contribution in [2.75, 3.05) is 6.54 Å². The Balaban J connectivity index is 2.18. The summed E-state index contributed by atoms with van der Waals surface area (Å²) in [5.74, 6) is 0. The molecule has 0 aromatic heterocycles. The molecule has 3 N–H and O–H groups in total. The molecule has 60 valence electrons. The monoisotopic (exact) mass is 142 g/mol. The predicted octanol–water partition coefficient (Wildman–Crippen LogP) is 0.866. The molecule has 0 aromatic carbocycles. The van der Waals surface area contributed by atoms with Gasteiger partial charge in [0.25, 0.3) is 0 Å². The van der Waals surface area contributed by atoms with E-state index in [-0.39, 0.29) is 0 Å². The number of nitrogens with two attached hydrogens (primary N) is 1. The van der Waals surface area contributed by atoms with Crippen molar-refractivity contribution in [3.05, 3.63) is 0 Å². The fraction of sp³-hybridized carbons (Fsp3) is 1.00. The second-order valence-corrected chi connectivity index (χ2v) is 3.18. The van der Waals surface area contributed by atoms with E-state index in [4.69, 9.17) is 5.73 Å². The quantitative estimate of drug-likeness (QED) is 0.600. The zero-order chi connectivity index (χ0) is 7.40. The first kappa shape index (κ1) is 8.02. The standard InChI is InChI=1S/C8H18N2/c1-2-10-8-5-3-4-7(9)6-8/h7-8,10H,2-6,9H2,1H3/t7?,8-/m0/s1. The Hall–Kier alpha value is -0.0800. The van der Waals surface area contributed by atoms with Gasteiger partial charge in [-0.2, -0.15) is 0 Å². The van der Waals surface area contributed by atoms with Crippen molar-refractivity contribution in [2.45, 2.75) is 44.7 Å². The van der Waals surface area contributed by atoms with Crippen molar-refractivity contribution >= 4 is 0 Å². The summed E-state index contributed by atoms with van der Waals surface area (Å²) >= 11 is 0. The van der Waals surface area contributed by atoms with E-state index in [0.29, 0.717) is 12.1 Å². The van der Waals surface area contributed by atoms with Crippen LogP contribution in [0, 0.1) is 0 Å². The van der Waals surface area contributed by atoms with E-state index in [2.05, 4.69) is 12.2 Å². The minimum absolute atomic E-state index is 0.456. The molecule has 0 bridgehead atoms. The van der Waals surface area contributed by atoms with Gasteiger partial charge in [0.15, 0.2) is 0 Å². The highest BCUT2D eigenvalue weighted by Crippen LogP contribution is 2.16. The molecule has 1 rings (SSSR count). The maximum absolute atomic E-state index is 5.82. The van der Waals surface area contributed by atoms with Crippen molar-refractivity contribution in [1.82, 2.24) is 5.32 Å². The van der Waals surface area contributed by atoms with E-state index in [1.54, 1.807) is 0 Å². The van der Waals surface area contributed by atoms with Crippen molar-refractivity contribution in [3.8, 4) is 0 Å². The van der Waals surface area contributed by atoms with Gasteiger partial charge in [-0.3, -0.25) is 0 Å². The van der Waals surface area contributed by atoms with Crippen LogP contribution in [0.5, 0.6) is 0 Å². The Morgan fingerprint density at radius 2 is 2.30 bits per heavy atom. The summed E-state index contributed by atoms with van der Waals surface area (Å²) in [6, 6.07) is 1.16. The van der Waals surface area contributed by atoms with Gasteiger partial charge in [-0.1, -0.05) is 13.3 Å². The Bertz CT molecular complexity index is 91.3. The molecular weight excluding hydrogens is 124 g/mol. The van der Waals surface area contributed by atoms with Gasteiger partial charge in [-0.05, 0) is 25.8 Å². The molecule has 2 heteroatoms. The molecule has 2 nitrogen and oxygen atoms in total. The molecule has 0 radical (unpaired) electrons. The minimum Gasteiger partial charge on any atom is -0.328 e. The summed E-state index contributed by atoms with van der Waals surface area (Å²) in [4.78, 5) is 0. The summed E-state index contributed by atoms with van der Waals surface area (Å²) in [7, 11) is 0. The van der Waals surface area contributed by atoms with Crippen LogP contribution in [0.2, 0.25) is 0 Å². The first-order valence-electron chi connectivity index (χ1n) is 4.32. The normalized spacial score (nSPS) is 34.2. The molecule has 2 atom stereocenters. The van der Waals surface area contributed by atoms with Crippen molar-refractivity contribution in [1.29, 1.82) is 0 Å². The molecule has 1 saturated carbocycles. The van der Waals surface area contributed by atoms with Crippen molar-refractivity contribution in [3.63, 3.8) is 0 Å². The van der Waals surface area contributed by atoms with Gasteiger partial charge in [0.2, 0.25) is 0 Å². The molecule has 0 aliphatic heterocycles. The molecule has 0 amide bonds. The number of hydrogen-bond donors (Lipinski definition) is 2. The van der Waals surface area contributed by atoms with Crippen LogP contribution in [0.3, 0.4) is 0 Å². The lowest BCUT2D eigenvalue weighted by Gasteiger charge is -2.26. The van der Waals surface area contributed by atoms with Crippen LogP contribution in [-0.4, -0.2) is 18.6 Å². The first-order chi connectivity index (χ1) is 4.83. The molecule has 0 saturated heterocycles. The number of hydrogen-bond acceptors (Lipinski definition) is 2. The summed E-state index contributed by atoms with van der Waals surface area (Å²) in [6.07, 6.45) is 5.02. The Morgan fingerprint density at radius 1 is 1.50 bits per heavy atom. The van der Waals surface area contributed by atoms with E-state index < -0.39 is 0 Å². The van der Waals surface area contributed by atoms with Gasteiger partial charge in [0, 0.05) is 12.1 Å². The largest absolute Gasteiger partial charge is 0.328 e. The minimum atomic E-state index is 0.456. The Kier molecular flexibility index (Phi) is 3.16. The molecule has 1 aliphatic rings. The zero-order valence-electron chi connectivity index (χ0n) is 6.77. The lowest BCUT2D eigenvalue weighted by atomic mass is 9.92. The third-order valence-electron chi connectivity index (χ3n) is 2.21. The van der Waals surface area contributed by atoms with Crippen LogP contribution in [0.15, 0.2) is 0 Å². The Labute approximate surface area is 63.2 Å². The van der Waals surface area contributed by atoms with Crippen LogP contribution >= 0.6 is 0 Å². The lowest BCUT2D eigenvalue weighted by molar-refractivity contribution is 0.344. The third-order valence-corrected chi connectivity index (χ3v) is 2.21. The molecule has 0 spiro atoms. The average molecular weight is 142 g/mol. The van der Waals surface area contributed by atoms with E-state index in [1.807, 2.05) is 0 Å². The highest BCUT2D eigenvalue weighted by Gasteiger charge is 2.17. The molecule has 0 heterocycles. The lowest BCUT2D eigenvalue weighted by Crippen LogP contribution is -2.39. The zero-order valence-corrected chi connectivity index (χ0v) is 6.77. The SMILES string of the molecule is CCN[C@H]1CCCC(N)C1. The topological polar surface area (TPSA) is 38.0 Å². The van der Waals surface area contributed by atoms with E-state index in [0.717, 1.165) is 6.54 Å².